The lowest BCUT2D eigenvalue weighted by Crippen LogP contribution is -2.40. The van der Waals surface area contributed by atoms with Crippen molar-refractivity contribution in [2.24, 2.45) is 7.05 Å². The second-order valence-electron chi connectivity index (χ2n) is 4.82. The van der Waals surface area contributed by atoms with Gasteiger partial charge in [-0.3, -0.25) is 4.68 Å². The van der Waals surface area contributed by atoms with Crippen LogP contribution in [0.3, 0.4) is 0 Å². The van der Waals surface area contributed by atoms with E-state index in [9.17, 15) is 8.42 Å². The summed E-state index contributed by atoms with van der Waals surface area (Å²) >= 11 is 0. The van der Waals surface area contributed by atoms with Crippen molar-refractivity contribution in [1.29, 1.82) is 0 Å². The molecule has 2 aromatic rings. The van der Waals surface area contributed by atoms with Crippen LogP contribution in [0, 0.1) is 0 Å². The minimum absolute atomic E-state index is 0.214. The van der Waals surface area contributed by atoms with Crippen molar-refractivity contribution in [3.05, 3.63) is 53.9 Å². The maximum atomic E-state index is 12.2. The fourth-order valence-corrected chi connectivity index (χ4v) is 3.08. The average molecular weight is 324 g/mol. The van der Waals surface area contributed by atoms with Gasteiger partial charge in [0.05, 0.1) is 18.3 Å². The number of benzene rings is 1. The Morgan fingerprint density at radius 1 is 1.27 bits per heavy atom. The molecule has 0 bridgehead atoms. The zero-order chi connectivity index (χ0) is 16.0. The minimum Gasteiger partial charge on any atom is -0.383 e. The number of hydrogen-bond donors (Lipinski definition) is 2. The van der Waals surface area contributed by atoms with E-state index >= 15 is 0 Å². The lowest BCUT2D eigenvalue weighted by atomic mass is 10.2. The molecular weight excluding hydrogens is 304 g/mol. The molecule has 0 fully saturated rings. The van der Waals surface area contributed by atoms with Crippen molar-refractivity contribution in [2.75, 3.05) is 13.7 Å². The van der Waals surface area contributed by atoms with Crippen LogP contribution in [-0.2, 0) is 28.5 Å². The Balaban J connectivity index is 2.03. The van der Waals surface area contributed by atoms with Crippen molar-refractivity contribution in [1.82, 2.24) is 19.2 Å². The van der Waals surface area contributed by atoms with E-state index in [1.807, 2.05) is 30.3 Å². The van der Waals surface area contributed by atoms with Crippen LogP contribution < -0.4 is 9.44 Å². The van der Waals surface area contributed by atoms with Gasteiger partial charge in [-0.1, -0.05) is 30.3 Å². The van der Waals surface area contributed by atoms with Crippen molar-refractivity contribution < 1.29 is 13.2 Å². The summed E-state index contributed by atoms with van der Waals surface area (Å²) in [7, 11) is -0.389. The summed E-state index contributed by atoms with van der Waals surface area (Å²) in [6.07, 6.45) is 1.61. The third-order valence-corrected chi connectivity index (χ3v) is 4.27. The first kappa shape index (κ1) is 16.6. The topological polar surface area (TPSA) is 85.2 Å². The summed E-state index contributed by atoms with van der Waals surface area (Å²) in [6, 6.07) is 10.6. The monoisotopic (exact) mass is 324 g/mol. The molecule has 1 atom stereocenters. The molecule has 8 heteroatoms. The van der Waals surface area contributed by atoms with Crippen molar-refractivity contribution in [2.45, 2.75) is 12.6 Å². The van der Waals surface area contributed by atoms with Crippen LogP contribution in [0.15, 0.2) is 42.6 Å². The Kier molecular flexibility index (Phi) is 5.67. The van der Waals surface area contributed by atoms with Crippen LogP contribution in [0.5, 0.6) is 0 Å². The van der Waals surface area contributed by atoms with E-state index in [1.54, 1.807) is 24.0 Å². The van der Waals surface area contributed by atoms with Crippen molar-refractivity contribution in [3.63, 3.8) is 0 Å². The predicted octanol–water partition coefficient (Wildman–Crippen LogP) is 0.732. The summed E-state index contributed by atoms with van der Waals surface area (Å²) in [5.41, 5.74) is 1.61. The van der Waals surface area contributed by atoms with E-state index < -0.39 is 16.3 Å². The maximum Gasteiger partial charge on any atom is 0.277 e. The first-order chi connectivity index (χ1) is 10.5. The number of nitrogens with zero attached hydrogens (tertiary/aromatic N) is 2. The molecule has 0 saturated carbocycles. The van der Waals surface area contributed by atoms with E-state index in [1.165, 1.54) is 7.11 Å². The standard InChI is InChI=1S/C14H20N4O3S/c1-18-14(8-9-15-18)13(11-21-2)17-22(19,20)16-10-12-6-4-3-5-7-12/h3-9,13,16-17H,10-11H2,1-2H3/t13-/m1/s1. The van der Waals surface area contributed by atoms with E-state index in [0.717, 1.165) is 11.3 Å². The summed E-state index contributed by atoms with van der Waals surface area (Å²) < 4.78 is 36.2. The van der Waals surface area contributed by atoms with Crippen LogP contribution in [-0.4, -0.2) is 31.9 Å². The summed E-state index contributed by atoms with van der Waals surface area (Å²) in [6.45, 7) is 0.438. The summed E-state index contributed by atoms with van der Waals surface area (Å²) in [5.74, 6) is 0. The second kappa shape index (κ2) is 7.50. The molecule has 0 aliphatic heterocycles. The van der Waals surface area contributed by atoms with Gasteiger partial charge in [-0.05, 0) is 11.6 Å². The van der Waals surface area contributed by atoms with Gasteiger partial charge >= 0.3 is 0 Å². The molecule has 0 spiro atoms. The van der Waals surface area contributed by atoms with Gasteiger partial charge in [-0.15, -0.1) is 0 Å². The van der Waals surface area contributed by atoms with Gasteiger partial charge in [-0.25, -0.2) is 0 Å². The molecule has 1 aromatic heterocycles. The van der Waals surface area contributed by atoms with E-state index in [4.69, 9.17) is 4.74 Å². The number of ether oxygens (including phenoxy) is 1. The van der Waals surface area contributed by atoms with Gasteiger partial charge < -0.3 is 4.74 Å². The Morgan fingerprint density at radius 2 is 2.00 bits per heavy atom. The van der Waals surface area contributed by atoms with E-state index in [2.05, 4.69) is 14.5 Å². The molecule has 0 amide bonds. The lowest BCUT2D eigenvalue weighted by Gasteiger charge is -2.18. The highest BCUT2D eigenvalue weighted by Gasteiger charge is 2.21. The van der Waals surface area contributed by atoms with Crippen LogP contribution in [0.4, 0.5) is 0 Å². The molecule has 22 heavy (non-hydrogen) atoms. The highest BCUT2D eigenvalue weighted by molar-refractivity contribution is 7.87. The first-order valence-electron chi connectivity index (χ1n) is 6.79. The fraction of sp³-hybridized carbons (Fsp3) is 0.357. The summed E-state index contributed by atoms with van der Waals surface area (Å²) in [4.78, 5) is 0. The van der Waals surface area contributed by atoms with E-state index in [0.29, 0.717) is 0 Å². The largest absolute Gasteiger partial charge is 0.383 e. The molecule has 0 unspecified atom stereocenters. The Labute approximate surface area is 130 Å². The molecule has 0 saturated heterocycles. The highest BCUT2D eigenvalue weighted by atomic mass is 32.2. The van der Waals surface area contributed by atoms with Gasteiger partial charge in [-0.2, -0.15) is 23.0 Å². The molecule has 0 aliphatic rings. The van der Waals surface area contributed by atoms with Crippen LogP contribution in [0.2, 0.25) is 0 Å². The smallest absolute Gasteiger partial charge is 0.277 e. The fourth-order valence-electron chi connectivity index (χ4n) is 2.08. The first-order valence-corrected chi connectivity index (χ1v) is 8.28. The third-order valence-electron chi connectivity index (χ3n) is 3.16. The zero-order valence-corrected chi connectivity index (χ0v) is 13.4. The number of aryl methyl sites for hydroxylation is 1. The molecule has 120 valence electrons. The molecular formula is C14H20N4O3S. The molecule has 2 rings (SSSR count). The summed E-state index contributed by atoms with van der Waals surface area (Å²) in [5, 5.41) is 4.05. The number of methoxy groups -OCH3 is 1. The lowest BCUT2D eigenvalue weighted by molar-refractivity contribution is 0.172. The maximum absolute atomic E-state index is 12.2. The normalized spacial score (nSPS) is 13.2. The molecule has 0 radical (unpaired) electrons. The van der Waals surface area contributed by atoms with Crippen LogP contribution in [0.25, 0.3) is 0 Å². The zero-order valence-electron chi connectivity index (χ0n) is 12.6. The van der Waals surface area contributed by atoms with Crippen LogP contribution >= 0.6 is 0 Å². The minimum atomic E-state index is -3.67. The number of nitrogens with one attached hydrogen (secondary N) is 2. The number of hydrogen-bond acceptors (Lipinski definition) is 4. The van der Waals surface area contributed by atoms with Crippen molar-refractivity contribution >= 4 is 10.2 Å². The van der Waals surface area contributed by atoms with Gasteiger partial charge in [0.2, 0.25) is 0 Å². The highest BCUT2D eigenvalue weighted by Crippen LogP contribution is 2.13. The second-order valence-corrected chi connectivity index (χ2v) is 6.35. The molecule has 1 aromatic carbocycles. The van der Waals surface area contributed by atoms with Gasteiger partial charge in [0, 0.05) is 26.9 Å². The molecule has 1 heterocycles. The van der Waals surface area contributed by atoms with Gasteiger partial charge in [0.15, 0.2) is 0 Å². The quantitative estimate of drug-likeness (QED) is 0.750. The van der Waals surface area contributed by atoms with E-state index in [-0.39, 0.29) is 13.2 Å². The third kappa shape index (κ3) is 4.63. The molecule has 0 aliphatic carbocycles. The number of rotatable bonds is 8. The molecule has 2 N–H and O–H groups in total. The number of aromatic nitrogens is 2. The van der Waals surface area contributed by atoms with Gasteiger partial charge in [0.25, 0.3) is 10.2 Å². The Morgan fingerprint density at radius 3 is 2.59 bits per heavy atom. The average Bonchev–Trinajstić information content (AvgIpc) is 2.92. The SMILES string of the molecule is COC[C@@H](NS(=O)(=O)NCc1ccccc1)c1ccnn1C. The predicted molar refractivity (Wildman–Crippen MR) is 83.2 cm³/mol. The van der Waals surface area contributed by atoms with Crippen molar-refractivity contribution in [3.8, 4) is 0 Å². The Hall–Kier alpha value is -1.74. The van der Waals surface area contributed by atoms with Gasteiger partial charge in [0.1, 0.15) is 0 Å². The van der Waals surface area contributed by atoms with Crippen LogP contribution in [0.1, 0.15) is 17.3 Å². The molecule has 7 nitrogen and oxygen atoms in total. The Bertz CT molecular complexity index is 685.